The normalized spacial score (nSPS) is 21.8. The minimum atomic E-state index is -0.0572. The first-order chi connectivity index (χ1) is 10.2. The zero-order chi connectivity index (χ0) is 15.1. The quantitative estimate of drug-likeness (QED) is 0.646. The molecule has 1 aliphatic rings. The maximum atomic E-state index is 12.5. The van der Waals surface area contributed by atoms with Crippen LogP contribution >= 0.6 is 0 Å². The molecule has 4 nitrogen and oxygen atoms in total. The molecule has 1 fully saturated rings. The Balaban J connectivity index is 2.06. The summed E-state index contributed by atoms with van der Waals surface area (Å²) in [4.78, 5) is 16.5. The van der Waals surface area contributed by atoms with Gasteiger partial charge in [-0.05, 0) is 31.2 Å². The Hall–Kier alpha value is -1.86. The SMILES string of the molecule is CC1CCCC(NC(=O)c2ccncc2C#CCN)CC1. The molecule has 1 aromatic heterocycles. The third kappa shape index (κ3) is 4.57. The van der Waals surface area contributed by atoms with Crippen molar-refractivity contribution in [3.05, 3.63) is 29.6 Å². The Kier molecular flexibility index (Phi) is 5.77. The van der Waals surface area contributed by atoms with Gasteiger partial charge in [-0.15, -0.1) is 0 Å². The van der Waals surface area contributed by atoms with Crippen LogP contribution in [0.2, 0.25) is 0 Å². The summed E-state index contributed by atoms with van der Waals surface area (Å²) in [6, 6.07) is 1.99. The third-order valence-electron chi connectivity index (χ3n) is 3.98. The van der Waals surface area contributed by atoms with Gasteiger partial charge in [-0.1, -0.05) is 31.6 Å². The second-order valence-corrected chi connectivity index (χ2v) is 5.71. The zero-order valence-electron chi connectivity index (χ0n) is 12.6. The first-order valence-electron chi connectivity index (χ1n) is 7.64. The van der Waals surface area contributed by atoms with Gasteiger partial charge >= 0.3 is 0 Å². The van der Waals surface area contributed by atoms with Gasteiger partial charge in [0.1, 0.15) is 0 Å². The first-order valence-corrected chi connectivity index (χ1v) is 7.64. The lowest BCUT2D eigenvalue weighted by Crippen LogP contribution is -2.34. The second-order valence-electron chi connectivity index (χ2n) is 5.71. The van der Waals surface area contributed by atoms with Crippen molar-refractivity contribution in [1.82, 2.24) is 10.3 Å². The third-order valence-corrected chi connectivity index (χ3v) is 3.98. The molecule has 1 heterocycles. The highest BCUT2D eigenvalue weighted by Gasteiger charge is 2.19. The lowest BCUT2D eigenvalue weighted by atomic mass is 10.0. The van der Waals surface area contributed by atoms with E-state index >= 15 is 0 Å². The minimum Gasteiger partial charge on any atom is -0.349 e. The molecule has 112 valence electrons. The number of hydrogen-bond donors (Lipinski definition) is 2. The summed E-state index contributed by atoms with van der Waals surface area (Å²) in [5.74, 6) is 6.39. The van der Waals surface area contributed by atoms with Gasteiger partial charge in [0.25, 0.3) is 5.91 Å². The van der Waals surface area contributed by atoms with Gasteiger partial charge in [0.05, 0.1) is 17.7 Å². The van der Waals surface area contributed by atoms with E-state index in [4.69, 9.17) is 5.73 Å². The largest absolute Gasteiger partial charge is 0.349 e. The Morgan fingerprint density at radius 1 is 1.43 bits per heavy atom. The summed E-state index contributed by atoms with van der Waals surface area (Å²) in [5, 5.41) is 3.15. The van der Waals surface area contributed by atoms with Crippen LogP contribution in [0, 0.1) is 17.8 Å². The Morgan fingerprint density at radius 2 is 2.29 bits per heavy atom. The molecule has 3 N–H and O–H groups in total. The fourth-order valence-corrected chi connectivity index (χ4v) is 2.73. The number of hydrogen-bond acceptors (Lipinski definition) is 3. The molecule has 1 amide bonds. The van der Waals surface area contributed by atoms with Gasteiger partial charge in [0.15, 0.2) is 0 Å². The monoisotopic (exact) mass is 285 g/mol. The lowest BCUT2D eigenvalue weighted by Gasteiger charge is -2.17. The standard InChI is InChI=1S/C17H23N3O/c1-13-4-2-6-15(8-7-13)20-17(21)16-9-11-19-12-14(16)5-3-10-18/h9,11-13,15H,2,4,6-8,10,18H2,1H3,(H,20,21). The molecule has 2 unspecified atom stereocenters. The van der Waals surface area contributed by atoms with Crippen molar-refractivity contribution in [3.8, 4) is 11.8 Å². The smallest absolute Gasteiger partial charge is 0.252 e. The van der Waals surface area contributed by atoms with Crippen LogP contribution in [0.25, 0.3) is 0 Å². The molecule has 2 atom stereocenters. The average Bonchev–Trinajstić information content (AvgIpc) is 2.70. The van der Waals surface area contributed by atoms with Crippen molar-refractivity contribution in [2.24, 2.45) is 11.7 Å². The van der Waals surface area contributed by atoms with E-state index in [9.17, 15) is 4.79 Å². The van der Waals surface area contributed by atoms with E-state index in [0.717, 1.165) is 18.8 Å². The van der Waals surface area contributed by atoms with Gasteiger partial charge in [0.2, 0.25) is 0 Å². The minimum absolute atomic E-state index is 0.0572. The van der Waals surface area contributed by atoms with Gasteiger partial charge in [0, 0.05) is 18.4 Å². The average molecular weight is 285 g/mol. The molecule has 0 spiro atoms. The van der Waals surface area contributed by atoms with Gasteiger partial charge in [-0.25, -0.2) is 0 Å². The molecule has 0 radical (unpaired) electrons. The van der Waals surface area contributed by atoms with Crippen LogP contribution in [0.15, 0.2) is 18.5 Å². The molecule has 21 heavy (non-hydrogen) atoms. The number of rotatable bonds is 2. The van der Waals surface area contributed by atoms with E-state index in [0.29, 0.717) is 11.1 Å². The van der Waals surface area contributed by atoms with E-state index in [1.165, 1.54) is 19.3 Å². The number of pyridine rings is 1. The second kappa shape index (κ2) is 7.80. The predicted octanol–water partition coefficient (Wildman–Crippen LogP) is 2.09. The van der Waals surface area contributed by atoms with Crippen molar-refractivity contribution >= 4 is 5.91 Å². The molecule has 0 bridgehead atoms. The van der Waals surface area contributed by atoms with Gasteiger partial charge < -0.3 is 11.1 Å². The fourth-order valence-electron chi connectivity index (χ4n) is 2.73. The number of nitrogens with one attached hydrogen (secondary N) is 1. The molecule has 1 aromatic rings. The van der Waals surface area contributed by atoms with Gasteiger partial charge in [-0.3, -0.25) is 9.78 Å². The number of nitrogens with zero attached hydrogens (tertiary/aromatic N) is 1. The zero-order valence-corrected chi connectivity index (χ0v) is 12.6. The predicted molar refractivity (Wildman–Crippen MR) is 83.7 cm³/mol. The number of carbonyl (C=O) groups is 1. The number of amides is 1. The van der Waals surface area contributed by atoms with E-state index in [-0.39, 0.29) is 18.5 Å². The summed E-state index contributed by atoms with van der Waals surface area (Å²) >= 11 is 0. The van der Waals surface area contributed by atoms with E-state index < -0.39 is 0 Å². The van der Waals surface area contributed by atoms with E-state index in [1.807, 2.05) is 0 Å². The molecule has 2 rings (SSSR count). The van der Waals surface area contributed by atoms with E-state index in [1.54, 1.807) is 18.5 Å². The van der Waals surface area contributed by atoms with Crippen LogP contribution in [0.4, 0.5) is 0 Å². The molecular weight excluding hydrogens is 262 g/mol. The van der Waals surface area contributed by atoms with Crippen LogP contribution < -0.4 is 11.1 Å². The maximum Gasteiger partial charge on any atom is 0.252 e. The highest BCUT2D eigenvalue weighted by atomic mass is 16.1. The maximum absolute atomic E-state index is 12.5. The summed E-state index contributed by atoms with van der Waals surface area (Å²) in [5.41, 5.74) is 6.62. The van der Waals surface area contributed by atoms with Crippen molar-refractivity contribution in [2.75, 3.05) is 6.54 Å². The van der Waals surface area contributed by atoms with Crippen LogP contribution in [0.5, 0.6) is 0 Å². The number of nitrogens with two attached hydrogens (primary N) is 1. The molecule has 0 saturated heterocycles. The topological polar surface area (TPSA) is 68.0 Å². The molecule has 4 heteroatoms. The highest BCUT2D eigenvalue weighted by molar-refractivity contribution is 5.96. The van der Waals surface area contributed by atoms with Crippen molar-refractivity contribution in [3.63, 3.8) is 0 Å². The number of carbonyl (C=O) groups excluding carboxylic acids is 1. The summed E-state index contributed by atoms with van der Waals surface area (Å²) in [6.07, 6.45) is 8.98. The molecule has 0 aliphatic heterocycles. The molecular formula is C17H23N3O. The van der Waals surface area contributed by atoms with Crippen molar-refractivity contribution in [1.29, 1.82) is 0 Å². The van der Waals surface area contributed by atoms with Crippen LogP contribution in [-0.4, -0.2) is 23.5 Å². The highest BCUT2D eigenvalue weighted by Crippen LogP contribution is 2.23. The molecule has 1 aliphatic carbocycles. The summed E-state index contributed by atoms with van der Waals surface area (Å²) < 4.78 is 0. The van der Waals surface area contributed by atoms with Crippen molar-refractivity contribution < 1.29 is 4.79 Å². The summed E-state index contributed by atoms with van der Waals surface area (Å²) in [6.45, 7) is 2.56. The Bertz CT molecular complexity index is 544. The molecule has 1 saturated carbocycles. The number of aromatic nitrogens is 1. The Morgan fingerprint density at radius 3 is 3.10 bits per heavy atom. The molecule has 0 aromatic carbocycles. The lowest BCUT2D eigenvalue weighted by molar-refractivity contribution is 0.0933. The van der Waals surface area contributed by atoms with Crippen LogP contribution in [0.3, 0.4) is 0 Å². The van der Waals surface area contributed by atoms with E-state index in [2.05, 4.69) is 29.1 Å². The van der Waals surface area contributed by atoms with Crippen molar-refractivity contribution in [2.45, 2.75) is 45.1 Å². The van der Waals surface area contributed by atoms with Crippen LogP contribution in [-0.2, 0) is 0 Å². The van der Waals surface area contributed by atoms with Gasteiger partial charge in [-0.2, -0.15) is 0 Å². The Labute approximate surface area is 126 Å². The summed E-state index contributed by atoms with van der Waals surface area (Å²) in [7, 11) is 0. The fraction of sp³-hybridized carbons (Fsp3) is 0.529. The van der Waals surface area contributed by atoms with Crippen LogP contribution in [0.1, 0.15) is 54.9 Å². The first kappa shape index (κ1) is 15.5.